The molecule has 1 heterocycles. The van der Waals surface area contributed by atoms with Crippen LogP contribution in [0.15, 0.2) is 30.6 Å². The van der Waals surface area contributed by atoms with Gasteiger partial charge in [-0.15, -0.1) is 0 Å². The Labute approximate surface area is 125 Å². The minimum Gasteiger partial charge on any atom is -0.497 e. The molecule has 0 aliphatic heterocycles. The highest BCUT2D eigenvalue weighted by Gasteiger charge is 2.16. The molecule has 1 aromatic heterocycles. The zero-order chi connectivity index (χ0) is 15.2. The Morgan fingerprint density at radius 2 is 2.10 bits per heavy atom. The lowest BCUT2D eigenvalue weighted by atomic mass is 10.1. The van der Waals surface area contributed by atoms with Gasteiger partial charge in [0.05, 0.1) is 20.8 Å². The van der Waals surface area contributed by atoms with Gasteiger partial charge in [0.15, 0.2) is 0 Å². The van der Waals surface area contributed by atoms with Crippen molar-refractivity contribution in [1.29, 1.82) is 0 Å². The number of aryl methyl sites for hydroxylation is 1. The van der Waals surface area contributed by atoms with Gasteiger partial charge in [-0.05, 0) is 18.6 Å². The fraction of sp³-hybridized carbons (Fsp3) is 0.438. The Kier molecular flexibility index (Phi) is 5.22. The summed E-state index contributed by atoms with van der Waals surface area (Å²) in [6, 6.07) is 5.43. The molecule has 0 amide bonds. The van der Waals surface area contributed by atoms with Crippen molar-refractivity contribution in [3.05, 3.63) is 42.0 Å². The van der Waals surface area contributed by atoms with E-state index in [0.29, 0.717) is 18.0 Å². The van der Waals surface area contributed by atoms with Crippen LogP contribution in [0.2, 0.25) is 0 Å². The number of hydrogen-bond acceptors (Lipinski definition) is 4. The SMILES string of the molecule is CCCc1nccn1CC(O)c1ccc(OC)cc1OC. The molecule has 0 bridgehead atoms. The number of ether oxygens (including phenoxy) is 2. The highest BCUT2D eigenvalue weighted by Crippen LogP contribution is 2.30. The predicted octanol–water partition coefficient (Wildman–Crippen LogP) is 2.59. The third-order valence-corrected chi connectivity index (χ3v) is 3.44. The van der Waals surface area contributed by atoms with Crippen LogP contribution in [0.4, 0.5) is 0 Å². The van der Waals surface area contributed by atoms with E-state index in [0.717, 1.165) is 24.2 Å². The van der Waals surface area contributed by atoms with E-state index in [-0.39, 0.29) is 0 Å². The maximum atomic E-state index is 10.5. The van der Waals surface area contributed by atoms with Crippen LogP contribution in [0.25, 0.3) is 0 Å². The fourth-order valence-corrected chi connectivity index (χ4v) is 2.34. The van der Waals surface area contributed by atoms with Crippen LogP contribution in [0.5, 0.6) is 11.5 Å². The van der Waals surface area contributed by atoms with Crippen molar-refractivity contribution in [2.45, 2.75) is 32.4 Å². The number of nitrogens with zero attached hydrogens (tertiary/aromatic N) is 2. The lowest BCUT2D eigenvalue weighted by Gasteiger charge is -2.17. The first-order valence-corrected chi connectivity index (χ1v) is 7.09. The first-order valence-electron chi connectivity index (χ1n) is 7.09. The number of methoxy groups -OCH3 is 2. The van der Waals surface area contributed by atoms with E-state index in [1.165, 1.54) is 0 Å². The quantitative estimate of drug-likeness (QED) is 0.851. The van der Waals surface area contributed by atoms with Crippen molar-refractivity contribution in [1.82, 2.24) is 9.55 Å². The maximum Gasteiger partial charge on any atom is 0.128 e. The summed E-state index contributed by atoms with van der Waals surface area (Å²) in [5.74, 6) is 2.32. The third kappa shape index (κ3) is 3.55. The Bertz CT molecular complexity index is 581. The van der Waals surface area contributed by atoms with Crippen molar-refractivity contribution >= 4 is 0 Å². The van der Waals surface area contributed by atoms with Crippen molar-refractivity contribution in [3.63, 3.8) is 0 Å². The molecule has 5 nitrogen and oxygen atoms in total. The summed E-state index contributed by atoms with van der Waals surface area (Å²) in [4.78, 5) is 4.32. The predicted molar refractivity (Wildman–Crippen MR) is 80.7 cm³/mol. The molecule has 2 rings (SSSR count). The zero-order valence-corrected chi connectivity index (χ0v) is 12.7. The standard InChI is InChI=1S/C16H22N2O3/c1-4-5-16-17-8-9-18(16)11-14(19)13-7-6-12(20-2)10-15(13)21-3/h6-10,14,19H,4-5,11H2,1-3H3. The molecule has 1 unspecified atom stereocenters. The van der Waals surface area contributed by atoms with Gasteiger partial charge in [0.1, 0.15) is 23.4 Å². The molecule has 1 atom stereocenters. The van der Waals surface area contributed by atoms with Crippen molar-refractivity contribution in [3.8, 4) is 11.5 Å². The van der Waals surface area contributed by atoms with Crippen LogP contribution < -0.4 is 9.47 Å². The highest BCUT2D eigenvalue weighted by atomic mass is 16.5. The molecule has 5 heteroatoms. The smallest absolute Gasteiger partial charge is 0.128 e. The number of aliphatic hydroxyl groups excluding tert-OH is 1. The molecule has 0 aliphatic rings. The molecule has 0 spiro atoms. The number of imidazole rings is 1. The number of aliphatic hydroxyl groups is 1. The lowest BCUT2D eigenvalue weighted by Crippen LogP contribution is -2.12. The summed E-state index contributed by atoms with van der Waals surface area (Å²) in [5, 5.41) is 10.5. The lowest BCUT2D eigenvalue weighted by molar-refractivity contribution is 0.151. The van der Waals surface area contributed by atoms with E-state index >= 15 is 0 Å². The largest absolute Gasteiger partial charge is 0.497 e. The molecule has 0 radical (unpaired) electrons. The van der Waals surface area contributed by atoms with E-state index in [2.05, 4.69) is 11.9 Å². The second-order valence-corrected chi connectivity index (χ2v) is 4.87. The molecule has 2 aromatic rings. The van der Waals surface area contributed by atoms with Gasteiger partial charge < -0.3 is 19.1 Å². The number of hydrogen-bond donors (Lipinski definition) is 1. The van der Waals surface area contributed by atoms with Gasteiger partial charge in [-0.3, -0.25) is 0 Å². The molecule has 1 N–H and O–H groups in total. The van der Waals surface area contributed by atoms with Crippen LogP contribution in [0, 0.1) is 0 Å². The molecule has 114 valence electrons. The van der Waals surface area contributed by atoms with E-state index in [1.54, 1.807) is 26.5 Å². The van der Waals surface area contributed by atoms with Gasteiger partial charge in [-0.2, -0.15) is 0 Å². The van der Waals surface area contributed by atoms with Crippen molar-refractivity contribution in [2.24, 2.45) is 0 Å². The highest BCUT2D eigenvalue weighted by molar-refractivity contribution is 5.41. The summed E-state index contributed by atoms with van der Waals surface area (Å²) in [5.41, 5.74) is 0.745. The van der Waals surface area contributed by atoms with Gasteiger partial charge in [-0.1, -0.05) is 6.92 Å². The average molecular weight is 290 g/mol. The molecule has 0 aliphatic carbocycles. The van der Waals surface area contributed by atoms with E-state index in [9.17, 15) is 5.11 Å². The Morgan fingerprint density at radius 1 is 1.29 bits per heavy atom. The van der Waals surface area contributed by atoms with Gasteiger partial charge in [0, 0.05) is 30.4 Å². The van der Waals surface area contributed by atoms with Crippen molar-refractivity contribution < 1.29 is 14.6 Å². The Balaban J connectivity index is 2.19. The van der Waals surface area contributed by atoms with E-state index in [4.69, 9.17) is 9.47 Å². The second kappa shape index (κ2) is 7.13. The van der Waals surface area contributed by atoms with E-state index < -0.39 is 6.10 Å². The summed E-state index contributed by atoms with van der Waals surface area (Å²) in [6.07, 6.45) is 4.93. The second-order valence-electron chi connectivity index (χ2n) is 4.87. The van der Waals surface area contributed by atoms with Gasteiger partial charge in [-0.25, -0.2) is 4.98 Å². The molecule has 1 aromatic carbocycles. The Morgan fingerprint density at radius 3 is 2.76 bits per heavy atom. The van der Waals surface area contributed by atoms with Crippen LogP contribution >= 0.6 is 0 Å². The first-order chi connectivity index (χ1) is 10.2. The summed E-state index contributed by atoms with van der Waals surface area (Å²) >= 11 is 0. The molecule has 0 saturated carbocycles. The number of rotatable bonds is 7. The maximum absolute atomic E-state index is 10.5. The van der Waals surface area contributed by atoms with Gasteiger partial charge in [0.2, 0.25) is 0 Å². The Hall–Kier alpha value is -2.01. The topological polar surface area (TPSA) is 56.5 Å². The molecule has 0 saturated heterocycles. The minimum atomic E-state index is -0.657. The van der Waals surface area contributed by atoms with Gasteiger partial charge >= 0.3 is 0 Å². The molecule has 21 heavy (non-hydrogen) atoms. The zero-order valence-electron chi connectivity index (χ0n) is 12.7. The fourth-order valence-electron chi connectivity index (χ4n) is 2.34. The summed E-state index contributed by atoms with van der Waals surface area (Å²) < 4.78 is 12.5. The molecule has 0 fully saturated rings. The van der Waals surface area contributed by atoms with Crippen molar-refractivity contribution in [2.75, 3.05) is 14.2 Å². The average Bonchev–Trinajstić information content (AvgIpc) is 2.94. The van der Waals surface area contributed by atoms with E-state index in [1.807, 2.05) is 22.9 Å². The first kappa shape index (κ1) is 15.4. The normalized spacial score (nSPS) is 12.2. The number of benzene rings is 1. The summed E-state index contributed by atoms with van der Waals surface area (Å²) in [7, 11) is 3.19. The molecular formula is C16H22N2O3. The minimum absolute atomic E-state index is 0.456. The monoisotopic (exact) mass is 290 g/mol. The summed E-state index contributed by atoms with van der Waals surface area (Å²) in [6.45, 7) is 2.57. The van der Waals surface area contributed by atoms with Crippen LogP contribution in [-0.2, 0) is 13.0 Å². The number of aromatic nitrogens is 2. The third-order valence-electron chi connectivity index (χ3n) is 3.44. The van der Waals surface area contributed by atoms with Gasteiger partial charge in [0.25, 0.3) is 0 Å². The van der Waals surface area contributed by atoms with Crippen LogP contribution in [0.1, 0.15) is 30.8 Å². The molecular weight excluding hydrogens is 268 g/mol. The van der Waals surface area contributed by atoms with Crippen LogP contribution in [0.3, 0.4) is 0 Å². The van der Waals surface area contributed by atoms with Crippen LogP contribution in [-0.4, -0.2) is 28.9 Å².